The van der Waals surface area contributed by atoms with Gasteiger partial charge in [0.25, 0.3) is 0 Å². The summed E-state index contributed by atoms with van der Waals surface area (Å²) >= 11 is 0. The van der Waals surface area contributed by atoms with Gasteiger partial charge in [-0.15, -0.1) is 0 Å². The van der Waals surface area contributed by atoms with Gasteiger partial charge < -0.3 is 4.57 Å². The first-order valence-corrected chi connectivity index (χ1v) is 10.8. The van der Waals surface area contributed by atoms with Crippen LogP contribution in [0.1, 0.15) is 20.8 Å². The summed E-state index contributed by atoms with van der Waals surface area (Å²) in [5.41, 5.74) is 2.69. The first-order chi connectivity index (χ1) is 9.74. The zero-order chi connectivity index (χ0) is 14.4. The molecule has 0 bridgehead atoms. The molecule has 0 aliphatic heterocycles. The third-order valence-corrected chi connectivity index (χ3v) is 10.8. The number of hydrogen-bond donors (Lipinski definition) is 0. The minimum atomic E-state index is -1.02. The molecule has 108 valence electrons. The summed E-state index contributed by atoms with van der Waals surface area (Å²) in [5.74, 6) is 0. The van der Waals surface area contributed by atoms with Gasteiger partial charge >= 0.3 is 0 Å². The number of hydrogen-bond acceptors (Lipinski definition) is 0. The molecule has 20 heavy (non-hydrogen) atoms. The van der Waals surface area contributed by atoms with Crippen molar-refractivity contribution < 1.29 is 0 Å². The lowest BCUT2D eigenvalue weighted by atomic mass is 10.1. The Bertz CT molecular complexity index is 503. The van der Waals surface area contributed by atoms with E-state index in [1.165, 1.54) is 42.0 Å². The summed E-state index contributed by atoms with van der Waals surface area (Å²) < 4.78 is 2.44. The molecule has 0 saturated heterocycles. The van der Waals surface area contributed by atoms with Crippen LogP contribution in [0.3, 0.4) is 0 Å². The van der Waals surface area contributed by atoms with Crippen LogP contribution in [-0.4, -0.2) is 12.6 Å². The van der Waals surface area contributed by atoms with Crippen LogP contribution in [0.4, 0.5) is 0 Å². The molecule has 2 rings (SSSR count). The molecule has 0 unspecified atom stereocenters. The van der Waals surface area contributed by atoms with Crippen LogP contribution >= 0.6 is 0 Å². The smallest absolute Gasteiger partial charge is 0.0545 e. The van der Waals surface area contributed by atoms with E-state index in [-0.39, 0.29) is 0 Å². The van der Waals surface area contributed by atoms with E-state index in [0.717, 1.165) is 0 Å². The molecule has 0 atom stereocenters. The number of aromatic nitrogens is 1. The van der Waals surface area contributed by atoms with Crippen LogP contribution < -0.4 is 0 Å². The molecule has 0 radical (unpaired) electrons. The quantitative estimate of drug-likeness (QED) is 0.578. The monoisotopic (exact) mass is 285 g/mol. The van der Waals surface area contributed by atoms with E-state index < -0.39 is 8.07 Å². The molecule has 0 fully saturated rings. The predicted octanol–water partition coefficient (Wildman–Crippen LogP) is 5.66. The van der Waals surface area contributed by atoms with E-state index in [9.17, 15) is 0 Å². The second-order valence-corrected chi connectivity index (χ2v) is 11.4. The SMILES string of the molecule is CC[Si](CC)(CC)CCn1cccc1-c1ccccc1. The van der Waals surface area contributed by atoms with E-state index in [4.69, 9.17) is 0 Å². The van der Waals surface area contributed by atoms with Gasteiger partial charge in [-0.2, -0.15) is 0 Å². The average Bonchev–Trinajstić information content (AvgIpc) is 2.99. The first-order valence-electron chi connectivity index (χ1n) is 7.95. The molecule has 0 N–H and O–H groups in total. The normalized spacial score (nSPS) is 11.8. The maximum Gasteiger partial charge on any atom is 0.0545 e. The van der Waals surface area contributed by atoms with Gasteiger partial charge in [0, 0.05) is 18.4 Å². The van der Waals surface area contributed by atoms with E-state index >= 15 is 0 Å². The number of rotatable bonds is 7. The summed E-state index contributed by atoms with van der Waals surface area (Å²) in [7, 11) is -1.02. The minimum absolute atomic E-state index is 1.02. The van der Waals surface area contributed by atoms with Gasteiger partial charge in [0.1, 0.15) is 0 Å². The molecule has 1 aromatic carbocycles. The fourth-order valence-electron chi connectivity index (χ4n) is 3.12. The number of benzene rings is 1. The summed E-state index contributed by atoms with van der Waals surface area (Å²) in [5, 5.41) is 0. The Labute approximate surface area is 124 Å². The highest BCUT2D eigenvalue weighted by Crippen LogP contribution is 2.27. The third-order valence-electron chi connectivity index (χ3n) is 5.03. The maximum absolute atomic E-state index is 2.44. The molecule has 0 saturated carbocycles. The Balaban J connectivity index is 2.14. The van der Waals surface area contributed by atoms with Crippen molar-refractivity contribution in [2.75, 3.05) is 0 Å². The van der Waals surface area contributed by atoms with Crippen LogP contribution in [0.5, 0.6) is 0 Å². The Morgan fingerprint density at radius 2 is 1.50 bits per heavy atom. The highest BCUT2D eigenvalue weighted by atomic mass is 28.3. The van der Waals surface area contributed by atoms with Crippen molar-refractivity contribution in [3.05, 3.63) is 48.7 Å². The lowest BCUT2D eigenvalue weighted by Gasteiger charge is -2.28. The highest BCUT2D eigenvalue weighted by Gasteiger charge is 2.26. The van der Waals surface area contributed by atoms with E-state index in [2.05, 4.69) is 74.0 Å². The van der Waals surface area contributed by atoms with Crippen LogP contribution in [0.25, 0.3) is 11.3 Å². The van der Waals surface area contributed by atoms with Crippen molar-refractivity contribution in [3.8, 4) is 11.3 Å². The molecule has 2 heteroatoms. The second kappa shape index (κ2) is 6.94. The van der Waals surface area contributed by atoms with E-state index in [0.29, 0.717) is 0 Å². The van der Waals surface area contributed by atoms with Crippen LogP contribution in [0.2, 0.25) is 24.2 Å². The maximum atomic E-state index is 2.44. The van der Waals surface area contributed by atoms with Crippen molar-refractivity contribution in [2.45, 2.75) is 51.5 Å². The van der Waals surface area contributed by atoms with Crippen molar-refractivity contribution in [3.63, 3.8) is 0 Å². The van der Waals surface area contributed by atoms with Crippen molar-refractivity contribution >= 4 is 8.07 Å². The van der Waals surface area contributed by atoms with Crippen molar-refractivity contribution in [1.29, 1.82) is 0 Å². The topological polar surface area (TPSA) is 4.93 Å². The largest absolute Gasteiger partial charge is 0.348 e. The lowest BCUT2D eigenvalue weighted by molar-refractivity contribution is 0.756. The van der Waals surface area contributed by atoms with Crippen LogP contribution in [0, 0.1) is 0 Å². The molecule has 1 aromatic heterocycles. The van der Waals surface area contributed by atoms with Crippen molar-refractivity contribution in [1.82, 2.24) is 4.57 Å². The molecule has 0 aliphatic rings. The predicted molar refractivity (Wildman–Crippen MR) is 91.9 cm³/mol. The summed E-state index contributed by atoms with van der Waals surface area (Å²) in [4.78, 5) is 0. The van der Waals surface area contributed by atoms with Gasteiger partial charge in [0.2, 0.25) is 0 Å². The zero-order valence-electron chi connectivity index (χ0n) is 13.1. The van der Waals surface area contributed by atoms with E-state index in [1.54, 1.807) is 0 Å². The fourth-order valence-corrected chi connectivity index (χ4v) is 6.39. The van der Waals surface area contributed by atoms with Crippen molar-refractivity contribution in [2.24, 2.45) is 0 Å². The van der Waals surface area contributed by atoms with Crippen LogP contribution in [0.15, 0.2) is 48.7 Å². The standard InChI is InChI=1S/C18H27NSi/c1-4-20(5-2,6-3)16-15-19-14-10-13-18(19)17-11-8-7-9-12-17/h7-14H,4-6,15-16H2,1-3H3. The minimum Gasteiger partial charge on any atom is -0.348 e. The number of nitrogens with zero attached hydrogens (tertiary/aromatic N) is 1. The molecule has 2 aromatic rings. The third kappa shape index (κ3) is 3.24. The van der Waals surface area contributed by atoms with Gasteiger partial charge in [-0.1, -0.05) is 69.2 Å². The number of aryl methyl sites for hydroxylation is 1. The Morgan fingerprint density at radius 1 is 0.850 bits per heavy atom. The fraction of sp³-hybridized carbons (Fsp3) is 0.444. The average molecular weight is 286 g/mol. The van der Waals surface area contributed by atoms with Gasteiger partial charge in [-0.05, 0) is 23.7 Å². The summed E-state index contributed by atoms with van der Waals surface area (Å²) in [6.45, 7) is 8.37. The molecule has 0 aliphatic carbocycles. The molecular formula is C18H27NSi. The Kier molecular flexibility index (Phi) is 5.24. The molecule has 0 spiro atoms. The summed E-state index contributed by atoms with van der Waals surface area (Å²) in [6, 6.07) is 20.8. The Morgan fingerprint density at radius 3 is 2.10 bits per heavy atom. The van der Waals surface area contributed by atoms with E-state index in [1.807, 2.05) is 0 Å². The zero-order valence-corrected chi connectivity index (χ0v) is 14.1. The van der Waals surface area contributed by atoms with Crippen LogP contribution in [-0.2, 0) is 6.54 Å². The van der Waals surface area contributed by atoms with Gasteiger partial charge in [-0.25, -0.2) is 0 Å². The lowest BCUT2D eigenvalue weighted by Crippen LogP contribution is -2.32. The summed E-state index contributed by atoms with van der Waals surface area (Å²) in [6.07, 6.45) is 2.24. The molecule has 0 amide bonds. The van der Waals surface area contributed by atoms with Gasteiger partial charge in [-0.3, -0.25) is 0 Å². The molecule has 1 nitrogen and oxygen atoms in total. The highest BCUT2D eigenvalue weighted by molar-refractivity contribution is 6.79. The van der Waals surface area contributed by atoms with Gasteiger partial charge in [0.05, 0.1) is 8.07 Å². The molecule has 1 heterocycles. The first kappa shape index (κ1) is 15.1. The molecular weight excluding hydrogens is 258 g/mol. The Hall–Kier alpha value is -1.28. The van der Waals surface area contributed by atoms with Gasteiger partial charge in [0.15, 0.2) is 0 Å². The second-order valence-electron chi connectivity index (χ2n) is 5.76.